The van der Waals surface area contributed by atoms with Crippen molar-refractivity contribution in [3.8, 4) is 22.8 Å². The first-order chi connectivity index (χ1) is 11.4. The molecule has 2 aromatic heterocycles. The van der Waals surface area contributed by atoms with Crippen molar-refractivity contribution in [2.24, 2.45) is 0 Å². The maximum absolute atomic E-state index is 5.37. The summed E-state index contributed by atoms with van der Waals surface area (Å²) in [5, 5.41) is 0. The van der Waals surface area contributed by atoms with E-state index in [0.29, 0.717) is 0 Å². The molecule has 4 nitrogen and oxygen atoms in total. The van der Waals surface area contributed by atoms with E-state index in [1.54, 1.807) is 13.3 Å². The van der Waals surface area contributed by atoms with Crippen LogP contribution in [0.1, 0.15) is 0 Å². The van der Waals surface area contributed by atoms with Gasteiger partial charge in [0, 0.05) is 29.7 Å². The Morgan fingerprint density at radius 2 is 1.83 bits per heavy atom. The summed E-state index contributed by atoms with van der Waals surface area (Å²) in [7, 11) is 1.67. The van der Waals surface area contributed by atoms with Gasteiger partial charge in [0.15, 0.2) is 0 Å². The molecule has 0 aliphatic rings. The number of aromatic nitrogens is 3. The number of ether oxygens (including phenoxy) is 1. The molecule has 0 fully saturated rings. The Morgan fingerprint density at radius 3 is 2.57 bits per heavy atom. The Kier molecular flexibility index (Phi) is 3.27. The Balaban J connectivity index is 2.06. The van der Waals surface area contributed by atoms with Gasteiger partial charge in [-0.05, 0) is 36.4 Å². The molecule has 2 heterocycles. The van der Waals surface area contributed by atoms with Gasteiger partial charge < -0.3 is 4.74 Å². The van der Waals surface area contributed by atoms with E-state index in [0.717, 1.165) is 33.9 Å². The van der Waals surface area contributed by atoms with Crippen LogP contribution in [0.15, 0.2) is 73.1 Å². The fraction of sp³-hybridized carbons (Fsp3) is 0.0526. The predicted octanol–water partition coefficient (Wildman–Crippen LogP) is 4.10. The second-order valence-electron chi connectivity index (χ2n) is 5.20. The molecule has 0 saturated heterocycles. The molecule has 0 radical (unpaired) electrons. The van der Waals surface area contributed by atoms with Crippen LogP contribution in [-0.2, 0) is 0 Å². The lowest BCUT2D eigenvalue weighted by Gasteiger charge is -2.09. The molecule has 112 valence electrons. The molecule has 0 bridgehead atoms. The SMILES string of the molecule is COc1ccc2nc(-c3cccnc3)n(-c3ccccc3)c2c1. The van der Waals surface area contributed by atoms with E-state index in [1.807, 2.05) is 54.7 Å². The Labute approximate surface area is 134 Å². The van der Waals surface area contributed by atoms with E-state index < -0.39 is 0 Å². The summed E-state index contributed by atoms with van der Waals surface area (Å²) in [6, 6.07) is 20.0. The van der Waals surface area contributed by atoms with Gasteiger partial charge in [0.25, 0.3) is 0 Å². The summed E-state index contributed by atoms with van der Waals surface area (Å²) >= 11 is 0. The normalized spacial score (nSPS) is 10.8. The monoisotopic (exact) mass is 301 g/mol. The van der Waals surface area contributed by atoms with Crippen molar-refractivity contribution in [3.63, 3.8) is 0 Å². The number of imidazole rings is 1. The van der Waals surface area contributed by atoms with Gasteiger partial charge in [-0.15, -0.1) is 0 Å². The molecule has 0 N–H and O–H groups in total. The van der Waals surface area contributed by atoms with Gasteiger partial charge >= 0.3 is 0 Å². The summed E-state index contributed by atoms with van der Waals surface area (Å²) in [4.78, 5) is 9.02. The minimum atomic E-state index is 0.812. The topological polar surface area (TPSA) is 39.9 Å². The van der Waals surface area contributed by atoms with Crippen LogP contribution in [0.25, 0.3) is 28.1 Å². The third-order valence-corrected chi connectivity index (χ3v) is 3.80. The molecule has 4 aromatic rings. The standard InChI is InChI=1S/C19H15N3O/c1-23-16-9-10-17-18(12-16)22(15-7-3-2-4-8-15)19(21-17)14-6-5-11-20-13-14/h2-13H,1H3. The van der Waals surface area contributed by atoms with Crippen LogP contribution in [-0.4, -0.2) is 21.6 Å². The van der Waals surface area contributed by atoms with Crippen molar-refractivity contribution in [2.45, 2.75) is 0 Å². The lowest BCUT2D eigenvalue weighted by molar-refractivity contribution is 0.415. The number of benzene rings is 2. The predicted molar refractivity (Wildman–Crippen MR) is 90.9 cm³/mol. The summed E-state index contributed by atoms with van der Waals surface area (Å²) in [5.74, 6) is 1.68. The van der Waals surface area contributed by atoms with Gasteiger partial charge in [-0.2, -0.15) is 0 Å². The first kappa shape index (κ1) is 13.5. The Bertz CT molecular complexity index is 946. The van der Waals surface area contributed by atoms with Crippen LogP contribution in [0, 0.1) is 0 Å². The van der Waals surface area contributed by atoms with Crippen LogP contribution in [0.5, 0.6) is 5.75 Å². The molecule has 0 unspecified atom stereocenters. The van der Waals surface area contributed by atoms with Gasteiger partial charge in [0.05, 0.1) is 18.1 Å². The molecule has 4 rings (SSSR count). The summed E-state index contributed by atoms with van der Waals surface area (Å²) < 4.78 is 7.51. The number of hydrogen-bond acceptors (Lipinski definition) is 3. The number of fused-ring (bicyclic) bond motifs is 1. The molecular weight excluding hydrogens is 286 g/mol. The van der Waals surface area contributed by atoms with E-state index in [-0.39, 0.29) is 0 Å². The molecule has 0 atom stereocenters. The highest BCUT2D eigenvalue weighted by Crippen LogP contribution is 2.30. The van der Waals surface area contributed by atoms with E-state index in [4.69, 9.17) is 9.72 Å². The summed E-state index contributed by atoms with van der Waals surface area (Å²) in [6.45, 7) is 0. The second kappa shape index (κ2) is 5.57. The molecule has 4 heteroatoms. The number of rotatable bonds is 3. The third-order valence-electron chi connectivity index (χ3n) is 3.80. The molecule has 0 saturated carbocycles. The highest BCUT2D eigenvalue weighted by Gasteiger charge is 2.14. The maximum Gasteiger partial charge on any atom is 0.147 e. The minimum Gasteiger partial charge on any atom is -0.497 e. The maximum atomic E-state index is 5.37. The van der Waals surface area contributed by atoms with E-state index in [1.165, 1.54) is 0 Å². The Morgan fingerprint density at radius 1 is 0.957 bits per heavy atom. The van der Waals surface area contributed by atoms with Crippen LogP contribution in [0.2, 0.25) is 0 Å². The zero-order valence-corrected chi connectivity index (χ0v) is 12.7. The first-order valence-electron chi connectivity index (χ1n) is 7.39. The van der Waals surface area contributed by atoms with Crippen LogP contribution in [0.4, 0.5) is 0 Å². The quantitative estimate of drug-likeness (QED) is 0.572. The Hall–Kier alpha value is -3.14. The summed E-state index contributed by atoms with van der Waals surface area (Å²) in [6.07, 6.45) is 3.60. The van der Waals surface area contributed by atoms with Gasteiger partial charge in [-0.3, -0.25) is 9.55 Å². The van der Waals surface area contributed by atoms with E-state index >= 15 is 0 Å². The smallest absolute Gasteiger partial charge is 0.147 e. The zero-order valence-electron chi connectivity index (χ0n) is 12.7. The molecule has 0 aliphatic carbocycles. The number of hydrogen-bond donors (Lipinski definition) is 0. The van der Waals surface area contributed by atoms with Crippen molar-refractivity contribution in [3.05, 3.63) is 73.1 Å². The van der Waals surface area contributed by atoms with Gasteiger partial charge in [-0.25, -0.2) is 4.98 Å². The first-order valence-corrected chi connectivity index (χ1v) is 7.39. The minimum absolute atomic E-state index is 0.812. The lowest BCUT2D eigenvalue weighted by atomic mass is 10.2. The van der Waals surface area contributed by atoms with Crippen LogP contribution >= 0.6 is 0 Å². The fourth-order valence-corrected chi connectivity index (χ4v) is 2.71. The zero-order chi connectivity index (χ0) is 15.6. The molecule has 2 aromatic carbocycles. The van der Waals surface area contributed by atoms with Gasteiger partial charge in [-0.1, -0.05) is 18.2 Å². The van der Waals surface area contributed by atoms with Crippen LogP contribution < -0.4 is 4.74 Å². The third kappa shape index (κ3) is 2.34. The number of nitrogens with zero attached hydrogens (tertiary/aromatic N) is 3. The fourth-order valence-electron chi connectivity index (χ4n) is 2.71. The molecule has 0 aliphatic heterocycles. The average molecular weight is 301 g/mol. The van der Waals surface area contributed by atoms with Crippen molar-refractivity contribution in [1.29, 1.82) is 0 Å². The highest BCUT2D eigenvalue weighted by molar-refractivity contribution is 5.84. The molecule has 0 spiro atoms. The largest absolute Gasteiger partial charge is 0.497 e. The molecular formula is C19H15N3O. The number of para-hydroxylation sites is 1. The van der Waals surface area contributed by atoms with Crippen molar-refractivity contribution < 1.29 is 4.74 Å². The van der Waals surface area contributed by atoms with Crippen molar-refractivity contribution >= 4 is 11.0 Å². The molecule has 23 heavy (non-hydrogen) atoms. The lowest BCUT2D eigenvalue weighted by Crippen LogP contribution is -1.97. The average Bonchev–Trinajstić information content (AvgIpc) is 3.01. The van der Waals surface area contributed by atoms with E-state index in [2.05, 4.69) is 21.7 Å². The van der Waals surface area contributed by atoms with Crippen LogP contribution in [0.3, 0.4) is 0 Å². The number of methoxy groups -OCH3 is 1. The van der Waals surface area contributed by atoms with Gasteiger partial charge in [0.2, 0.25) is 0 Å². The number of pyridine rings is 1. The van der Waals surface area contributed by atoms with Crippen molar-refractivity contribution in [2.75, 3.05) is 7.11 Å². The summed E-state index contributed by atoms with van der Waals surface area (Å²) in [5.41, 5.74) is 3.97. The van der Waals surface area contributed by atoms with Crippen molar-refractivity contribution in [1.82, 2.24) is 14.5 Å². The molecule has 0 amide bonds. The van der Waals surface area contributed by atoms with Gasteiger partial charge in [0.1, 0.15) is 11.6 Å². The van der Waals surface area contributed by atoms with E-state index in [9.17, 15) is 0 Å². The highest BCUT2D eigenvalue weighted by atomic mass is 16.5. The second-order valence-corrected chi connectivity index (χ2v) is 5.20.